The van der Waals surface area contributed by atoms with E-state index in [1.807, 2.05) is 4.90 Å². The van der Waals surface area contributed by atoms with E-state index in [0.29, 0.717) is 30.8 Å². The molecule has 142 valence electrons. The predicted molar refractivity (Wildman–Crippen MR) is 98.2 cm³/mol. The number of piperazine rings is 1. The maximum absolute atomic E-state index is 12.4. The Labute approximate surface area is 151 Å². The molecule has 1 atom stereocenters. The second-order valence-corrected chi connectivity index (χ2v) is 7.96. The first-order valence-corrected chi connectivity index (χ1v) is 10.2. The van der Waals surface area contributed by atoms with E-state index in [1.54, 1.807) is 0 Å². The van der Waals surface area contributed by atoms with Gasteiger partial charge < -0.3 is 15.5 Å². The van der Waals surface area contributed by atoms with E-state index in [1.165, 1.54) is 25.7 Å². The Morgan fingerprint density at radius 3 is 2.44 bits per heavy atom. The van der Waals surface area contributed by atoms with Crippen LogP contribution in [0.3, 0.4) is 0 Å². The Kier molecular flexibility index (Phi) is 7.11. The van der Waals surface area contributed by atoms with Gasteiger partial charge in [0.15, 0.2) is 0 Å². The number of rotatable bonds is 6. The smallest absolute Gasteiger partial charge is 0.234 e. The largest absolute Gasteiger partial charge is 0.352 e. The molecule has 2 aliphatic heterocycles. The quantitative estimate of drug-likeness (QED) is 0.749. The lowest BCUT2D eigenvalue weighted by atomic mass is 9.95. The second kappa shape index (κ2) is 9.53. The highest BCUT2D eigenvalue weighted by molar-refractivity contribution is 5.78. The summed E-state index contributed by atoms with van der Waals surface area (Å²) in [6, 6.07) is 0.384. The van der Waals surface area contributed by atoms with Crippen LogP contribution in [0.15, 0.2) is 0 Å². The van der Waals surface area contributed by atoms with Crippen LogP contribution in [0, 0.1) is 5.92 Å². The highest BCUT2D eigenvalue weighted by atomic mass is 16.2. The average molecular weight is 351 g/mol. The first kappa shape index (κ1) is 18.6. The summed E-state index contributed by atoms with van der Waals surface area (Å²) in [6.45, 7) is 5.80. The van der Waals surface area contributed by atoms with Gasteiger partial charge in [0.1, 0.15) is 0 Å². The fraction of sp³-hybridized carbons (Fsp3) is 0.895. The minimum atomic E-state index is 0.153. The van der Waals surface area contributed by atoms with Crippen molar-refractivity contribution in [1.82, 2.24) is 20.4 Å². The van der Waals surface area contributed by atoms with Gasteiger partial charge in [-0.3, -0.25) is 14.5 Å². The summed E-state index contributed by atoms with van der Waals surface area (Å²) in [6.07, 6.45) is 8.93. The van der Waals surface area contributed by atoms with Gasteiger partial charge in [0.05, 0.1) is 6.54 Å². The van der Waals surface area contributed by atoms with Crippen molar-refractivity contribution >= 4 is 11.8 Å². The molecule has 0 spiro atoms. The summed E-state index contributed by atoms with van der Waals surface area (Å²) in [7, 11) is 0. The van der Waals surface area contributed by atoms with E-state index < -0.39 is 0 Å². The number of carbonyl (C=O) groups excluding carboxylic acids is 2. The maximum atomic E-state index is 12.4. The van der Waals surface area contributed by atoms with E-state index >= 15 is 0 Å². The van der Waals surface area contributed by atoms with Crippen LogP contribution in [0.4, 0.5) is 0 Å². The lowest BCUT2D eigenvalue weighted by molar-refractivity contribution is -0.133. The fourth-order valence-corrected chi connectivity index (χ4v) is 4.33. The SMILES string of the molecule is O=C(CN1CCN(C(=O)CCC2CCNC2)CC1)NC1CCCCC1. The number of nitrogens with zero attached hydrogens (tertiary/aromatic N) is 2. The molecule has 6 nitrogen and oxygen atoms in total. The Morgan fingerprint density at radius 1 is 1.00 bits per heavy atom. The summed E-state index contributed by atoms with van der Waals surface area (Å²) in [5, 5.41) is 6.54. The van der Waals surface area contributed by atoms with Crippen LogP contribution in [0.5, 0.6) is 0 Å². The van der Waals surface area contributed by atoms with Crippen molar-refractivity contribution < 1.29 is 9.59 Å². The molecule has 2 N–H and O–H groups in total. The molecule has 1 unspecified atom stereocenters. The van der Waals surface area contributed by atoms with Gasteiger partial charge >= 0.3 is 0 Å². The van der Waals surface area contributed by atoms with Crippen molar-refractivity contribution in [3.63, 3.8) is 0 Å². The van der Waals surface area contributed by atoms with Crippen LogP contribution in [0.25, 0.3) is 0 Å². The molecule has 0 aromatic heterocycles. The molecule has 1 saturated carbocycles. The standard InChI is InChI=1S/C19H34N4O2/c24-18(21-17-4-2-1-3-5-17)15-22-10-12-23(13-11-22)19(25)7-6-16-8-9-20-14-16/h16-17,20H,1-15H2,(H,21,24). The molecule has 0 bridgehead atoms. The zero-order chi connectivity index (χ0) is 17.5. The number of nitrogens with one attached hydrogen (secondary N) is 2. The van der Waals surface area contributed by atoms with Crippen LogP contribution in [-0.2, 0) is 9.59 Å². The van der Waals surface area contributed by atoms with Gasteiger partial charge in [0, 0.05) is 38.6 Å². The van der Waals surface area contributed by atoms with Crippen molar-refractivity contribution in [2.45, 2.75) is 57.4 Å². The molecule has 0 radical (unpaired) electrons. The molecule has 2 saturated heterocycles. The molecule has 0 aromatic rings. The lowest BCUT2D eigenvalue weighted by Gasteiger charge is -2.35. The van der Waals surface area contributed by atoms with E-state index in [4.69, 9.17) is 0 Å². The van der Waals surface area contributed by atoms with E-state index in [0.717, 1.165) is 58.5 Å². The highest BCUT2D eigenvalue weighted by Gasteiger charge is 2.24. The normalized spacial score (nSPS) is 25.9. The zero-order valence-electron chi connectivity index (χ0n) is 15.5. The Morgan fingerprint density at radius 2 is 1.76 bits per heavy atom. The Bertz CT molecular complexity index is 437. The summed E-state index contributed by atoms with van der Waals surface area (Å²) in [5.74, 6) is 1.12. The average Bonchev–Trinajstić information content (AvgIpc) is 3.14. The molecular formula is C19H34N4O2. The number of carbonyl (C=O) groups is 2. The fourth-order valence-electron chi connectivity index (χ4n) is 4.33. The van der Waals surface area contributed by atoms with Crippen LogP contribution >= 0.6 is 0 Å². The van der Waals surface area contributed by atoms with Crippen molar-refractivity contribution in [3.05, 3.63) is 0 Å². The van der Waals surface area contributed by atoms with Crippen LogP contribution in [0.1, 0.15) is 51.4 Å². The summed E-state index contributed by atoms with van der Waals surface area (Å²) < 4.78 is 0. The first-order chi connectivity index (χ1) is 12.2. The van der Waals surface area contributed by atoms with E-state index in [9.17, 15) is 9.59 Å². The molecule has 2 amide bonds. The third kappa shape index (κ3) is 5.96. The van der Waals surface area contributed by atoms with Gasteiger partial charge in [-0.05, 0) is 44.7 Å². The van der Waals surface area contributed by atoms with Crippen LogP contribution < -0.4 is 10.6 Å². The molecular weight excluding hydrogens is 316 g/mol. The van der Waals surface area contributed by atoms with E-state index in [-0.39, 0.29) is 5.91 Å². The second-order valence-electron chi connectivity index (χ2n) is 7.96. The Balaban J connectivity index is 1.30. The van der Waals surface area contributed by atoms with Crippen molar-refractivity contribution in [2.24, 2.45) is 5.92 Å². The van der Waals surface area contributed by atoms with E-state index in [2.05, 4.69) is 15.5 Å². The predicted octanol–water partition coefficient (Wildman–Crippen LogP) is 0.969. The lowest BCUT2D eigenvalue weighted by Crippen LogP contribution is -2.52. The molecule has 1 aliphatic carbocycles. The minimum absolute atomic E-state index is 0.153. The van der Waals surface area contributed by atoms with Crippen LogP contribution in [-0.4, -0.2) is 73.5 Å². The van der Waals surface area contributed by atoms with Crippen molar-refractivity contribution in [3.8, 4) is 0 Å². The van der Waals surface area contributed by atoms with Crippen molar-refractivity contribution in [1.29, 1.82) is 0 Å². The minimum Gasteiger partial charge on any atom is -0.352 e. The molecule has 3 rings (SSSR count). The summed E-state index contributed by atoms with van der Waals surface area (Å²) >= 11 is 0. The molecule has 0 aromatic carbocycles. The maximum Gasteiger partial charge on any atom is 0.234 e. The van der Waals surface area contributed by atoms with Gasteiger partial charge in [-0.25, -0.2) is 0 Å². The third-order valence-corrected chi connectivity index (χ3v) is 5.99. The van der Waals surface area contributed by atoms with Gasteiger partial charge in [-0.2, -0.15) is 0 Å². The zero-order valence-corrected chi connectivity index (χ0v) is 15.5. The summed E-state index contributed by atoms with van der Waals surface area (Å²) in [4.78, 5) is 28.7. The molecule has 6 heteroatoms. The number of hydrogen-bond acceptors (Lipinski definition) is 4. The third-order valence-electron chi connectivity index (χ3n) is 5.99. The first-order valence-electron chi connectivity index (χ1n) is 10.2. The van der Waals surface area contributed by atoms with Crippen LogP contribution in [0.2, 0.25) is 0 Å². The van der Waals surface area contributed by atoms with Crippen molar-refractivity contribution in [2.75, 3.05) is 45.8 Å². The molecule has 3 fully saturated rings. The molecule has 2 heterocycles. The highest BCUT2D eigenvalue weighted by Crippen LogP contribution is 2.18. The number of amides is 2. The number of hydrogen-bond donors (Lipinski definition) is 2. The van der Waals surface area contributed by atoms with Gasteiger partial charge in [-0.1, -0.05) is 19.3 Å². The Hall–Kier alpha value is -1.14. The van der Waals surface area contributed by atoms with Gasteiger partial charge in [0.2, 0.25) is 11.8 Å². The van der Waals surface area contributed by atoms with Gasteiger partial charge in [0.25, 0.3) is 0 Å². The summed E-state index contributed by atoms with van der Waals surface area (Å²) in [5.41, 5.74) is 0. The monoisotopic (exact) mass is 350 g/mol. The molecule has 3 aliphatic rings. The topological polar surface area (TPSA) is 64.7 Å². The molecule has 25 heavy (non-hydrogen) atoms. The van der Waals surface area contributed by atoms with Gasteiger partial charge in [-0.15, -0.1) is 0 Å².